The Morgan fingerprint density at radius 3 is 2.29 bits per heavy atom. The van der Waals surface area contributed by atoms with Crippen LogP contribution in [-0.2, 0) is 7.05 Å². The summed E-state index contributed by atoms with van der Waals surface area (Å²) in [5.74, 6) is 2.56. The third-order valence-corrected chi connectivity index (χ3v) is 2.59. The first-order valence-corrected chi connectivity index (χ1v) is 8.03. The first-order valence-electron chi connectivity index (χ1n) is 4.53. The van der Waals surface area contributed by atoms with E-state index in [2.05, 4.69) is 36.2 Å². The predicted octanol–water partition coefficient (Wildman–Crippen LogP) is 2.10. The van der Waals surface area contributed by atoms with Crippen LogP contribution in [-0.4, -0.2) is 17.9 Å². The van der Waals surface area contributed by atoms with Gasteiger partial charge >= 0.3 is 0 Å². The second-order valence-corrected chi connectivity index (χ2v) is 9.12. The zero-order chi connectivity index (χ0) is 10.9. The molecule has 0 N–H and O–H groups in total. The minimum Gasteiger partial charge on any atom is -0.241 e. The van der Waals surface area contributed by atoms with E-state index < -0.39 is 8.07 Å². The smallest absolute Gasteiger partial charge is 0.227 e. The van der Waals surface area contributed by atoms with E-state index in [1.165, 1.54) is 4.68 Å². The lowest BCUT2D eigenvalue weighted by Gasteiger charge is -2.02. The zero-order valence-electron chi connectivity index (χ0n) is 9.27. The number of hydrogen-bond donors (Lipinski definition) is 0. The van der Waals surface area contributed by atoms with E-state index in [9.17, 15) is 4.39 Å². The Balaban J connectivity index is 3.13. The van der Waals surface area contributed by atoms with Crippen LogP contribution >= 0.6 is 0 Å². The molecule has 0 radical (unpaired) electrons. The summed E-state index contributed by atoms with van der Waals surface area (Å²) in [5.41, 5.74) is 4.23. The van der Waals surface area contributed by atoms with Gasteiger partial charge in [-0.25, -0.2) is 4.68 Å². The summed E-state index contributed by atoms with van der Waals surface area (Å²) in [7, 11) is 0.144. The van der Waals surface area contributed by atoms with Crippen LogP contribution in [0.5, 0.6) is 0 Å². The lowest BCUT2D eigenvalue weighted by Crippen LogP contribution is -2.16. The molecule has 0 aliphatic rings. The minimum absolute atomic E-state index is 0.340. The predicted molar refractivity (Wildman–Crippen MR) is 58.1 cm³/mol. The number of nitrogens with zero attached hydrogens (tertiary/aromatic N) is 2. The molecule has 0 aromatic carbocycles. The van der Waals surface area contributed by atoms with E-state index in [0.717, 1.165) is 0 Å². The molecule has 1 rings (SSSR count). The molecule has 0 spiro atoms. The standard InChI is InChI=1S/C10H15FN2Si/c1-8-9(6-7-14(3,4)5)10(11)13(2)12-8/h1-5H3. The van der Waals surface area contributed by atoms with Crippen molar-refractivity contribution in [2.24, 2.45) is 7.05 Å². The fourth-order valence-corrected chi connectivity index (χ4v) is 1.52. The van der Waals surface area contributed by atoms with Gasteiger partial charge in [0.15, 0.2) is 0 Å². The van der Waals surface area contributed by atoms with E-state index in [0.29, 0.717) is 11.3 Å². The number of halogens is 1. The van der Waals surface area contributed by atoms with Crippen molar-refractivity contribution in [3.05, 3.63) is 17.2 Å². The van der Waals surface area contributed by atoms with Gasteiger partial charge in [-0.2, -0.15) is 9.49 Å². The normalized spacial score (nSPS) is 11.0. The van der Waals surface area contributed by atoms with Crippen LogP contribution in [0.2, 0.25) is 19.6 Å². The molecule has 76 valence electrons. The van der Waals surface area contributed by atoms with Crippen LogP contribution in [0.4, 0.5) is 4.39 Å². The topological polar surface area (TPSA) is 17.8 Å². The molecule has 4 heteroatoms. The van der Waals surface area contributed by atoms with E-state index in [1.807, 2.05) is 0 Å². The number of aryl methyl sites for hydroxylation is 2. The maximum Gasteiger partial charge on any atom is 0.227 e. The first kappa shape index (κ1) is 11.0. The van der Waals surface area contributed by atoms with E-state index in [1.54, 1.807) is 14.0 Å². The van der Waals surface area contributed by atoms with Gasteiger partial charge in [-0.05, 0) is 6.92 Å². The molecule has 0 aliphatic heterocycles. The molecule has 2 nitrogen and oxygen atoms in total. The van der Waals surface area contributed by atoms with E-state index in [4.69, 9.17) is 0 Å². The maximum absolute atomic E-state index is 13.4. The number of aromatic nitrogens is 2. The van der Waals surface area contributed by atoms with Crippen LogP contribution < -0.4 is 0 Å². The van der Waals surface area contributed by atoms with E-state index in [-0.39, 0.29) is 5.95 Å². The second-order valence-electron chi connectivity index (χ2n) is 4.37. The molecular formula is C10H15FN2Si. The van der Waals surface area contributed by atoms with Crippen molar-refractivity contribution in [3.8, 4) is 11.5 Å². The molecule has 14 heavy (non-hydrogen) atoms. The molecule has 0 amide bonds. The molecule has 0 aliphatic carbocycles. The molecule has 1 heterocycles. The molecule has 0 fully saturated rings. The Morgan fingerprint density at radius 1 is 1.36 bits per heavy atom. The average molecular weight is 210 g/mol. The highest BCUT2D eigenvalue weighted by Gasteiger charge is 2.12. The summed E-state index contributed by atoms with van der Waals surface area (Å²) in [4.78, 5) is 0. The van der Waals surface area contributed by atoms with Gasteiger partial charge in [-0.1, -0.05) is 25.6 Å². The van der Waals surface area contributed by atoms with Crippen molar-refractivity contribution >= 4 is 8.07 Å². The Kier molecular flexibility index (Phi) is 2.81. The Morgan fingerprint density at radius 2 is 1.93 bits per heavy atom. The Labute approximate surface area is 85.1 Å². The molecular weight excluding hydrogens is 195 g/mol. The summed E-state index contributed by atoms with van der Waals surface area (Å²) in [5, 5.41) is 3.97. The lowest BCUT2D eigenvalue weighted by atomic mass is 10.3. The highest BCUT2D eigenvalue weighted by molar-refractivity contribution is 6.83. The zero-order valence-corrected chi connectivity index (χ0v) is 10.3. The van der Waals surface area contributed by atoms with Crippen LogP contribution in [0, 0.1) is 24.3 Å². The quantitative estimate of drug-likeness (QED) is 0.473. The average Bonchev–Trinajstić information content (AvgIpc) is 2.23. The minimum atomic E-state index is -1.44. The maximum atomic E-state index is 13.4. The van der Waals surface area contributed by atoms with Gasteiger partial charge in [0.2, 0.25) is 5.95 Å². The van der Waals surface area contributed by atoms with Crippen molar-refractivity contribution in [2.45, 2.75) is 26.6 Å². The molecule has 0 bridgehead atoms. The molecule has 0 saturated carbocycles. The van der Waals surface area contributed by atoms with Gasteiger partial charge in [-0.3, -0.25) is 0 Å². The van der Waals surface area contributed by atoms with Crippen molar-refractivity contribution in [2.75, 3.05) is 0 Å². The molecule has 0 atom stereocenters. The van der Waals surface area contributed by atoms with Gasteiger partial charge in [0.1, 0.15) is 13.6 Å². The van der Waals surface area contributed by atoms with Crippen molar-refractivity contribution in [1.29, 1.82) is 0 Å². The fourth-order valence-electron chi connectivity index (χ4n) is 1.02. The SMILES string of the molecule is Cc1nn(C)c(F)c1C#C[Si](C)(C)C. The van der Waals surface area contributed by atoms with Crippen LogP contribution in [0.25, 0.3) is 0 Å². The second kappa shape index (κ2) is 3.58. The first-order chi connectivity index (χ1) is 6.31. The largest absolute Gasteiger partial charge is 0.241 e. The highest BCUT2D eigenvalue weighted by atomic mass is 28.3. The Hall–Kier alpha value is -1.08. The highest BCUT2D eigenvalue weighted by Crippen LogP contribution is 2.09. The third-order valence-electron chi connectivity index (χ3n) is 1.71. The summed E-state index contributed by atoms with van der Waals surface area (Å²) < 4.78 is 14.6. The van der Waals surface area contributed by atoms with Gasteiger partial charge in [0.05, 0.1) is 5.69 Å². The van der Waals surface area contributed by atoms with E-state index >= 15 is 0 Å². The molecule has 1 aromatic heterocycles. The van der Waals surface area contributed by atoms with Gasteiger partial charge < -0.3 is 0 Å². The van der Waals surface area contributed by atoms with Crippen molar-refractivity contribution < 1.29 is 4.39 Å². The Bertz CT molecular complexity index is 404. The van der Waals surface area contributed by atoms with Crippen LogP contribution in [0.15, 0.2) is 0 Å². The van der Waals surface area contributed by atoms with Gasteiger partial charge in [0.25, 0.3) is 0 Å². The monoisotopic (exact) mass is 210 g/mol. The summed E-state index contributed by atoms with van der Waals surface area (Å²) in [6, 6.07) is 0. The van der Waals surface area contributed by atoms with Crippen LogP contribution in [0.3, 0.4) is 0 Å². The summed E-state index contributed by atoms with van der Waals surface area (Å²) in [6.07, 6.45) is 0. The lowest BCUT2D eigenvalue weighted by molar-refractivity contribution is 0.501. The number of rotatable bonds is 0. The summed E-state index contributed by atoms with van der Waals surface area (Å²) >= 11 is 0. The van der Waals surface area contributed by atoms with Gasteiger partial charge in [0, 0.05) is 7.05 Å². The molecule has 0 unspecified atom stereocenters. The summed E-state index contributed by atoms with van der Waals surface area (Å²) in [6.45, 7) is 8.16. The fraction of sp³-hybridized carbons (Fsp3) is 0.500. The van der Waals surface area contributed by atoms with Crippen molar-refractivity contribution in [1.82, 2.24) is 9.78 Å². The van der Waals surface area contributed by atoms with Crippen LogP contribution in [0.1, 0.15) is 11.3 Å². The van der Waals surface area contributed by atoms with Gasteiger partial charge in [-0.15, -0.1) is 5.54 Å². The molecule has 1 aromatic rings. The van der Waals surface area contributed by atoms with Crippen molar-refractivity contribution in [3.63, 3.8) is 0 Å². The number of hydrogen-bond acceptors (Lipinski definition) is 1. The third kappa shape index (κ3) is 2.45. The molecule has 0 saturated heterocycles.